The highest BCUT2D eigenvalue weighted by molar-refractivity contribution is 7.26. The van der Waals surface area contributed by atoms with Crippen molar-refractivity contribution in [3.63, 3.8) is 0 Å². The molecule has 0 saturated carbocycles. The maximum absolute atomic E-state index is 6.95. The molecule has 2 nitrogen and oxygen atoms in total. The first-order valence-electron chi connectivity index (χ1n) is 20.0. The Labute approximate surface area is 341 Å². The second kappa shape index (κ2) is 12.5. The Morgan fingerprint density at radius 2 is 1.14 bits per heavy atom. The number of hydrogen-bond acceptors (Lipinski definition) is 3. The summed E-state index contributed by atoms with van der Waals surface area (Å²) in [6, 6.07) is 68.7. The van der Waals surface area contributed by atoms with E-state index in [9.17, 15) is 0 Å². The molecule has 0 N–H and O–H groups in total. The van der Waals surface area contributed by atoms with Gasteiger partial charge in [-0.25, -0.2) is 0 Å². The van der Waals surface area contributed by atoms with Crippen LogP contribution in [0, 0.1) is 0 Å². The standard InChI is InChI=1S/C55H37NOS/c1-55(2)45-22-10-9-18-44(45)53-46(55)23-13-24-47(53)56(48-25-12-21-43-40-28-26-36(32-51(40)58-54(43)48)34-14-5-3-6-15-34)37-27-29-39-42-20-11-19-41-38(35-16-7-4-8-17-35)30-31-49(52(41)42)57-50(39)33-37/h3-33H,1-2H3. The van der Waals surface area contributed by atoms with Crippen molar-refractivity contribution < 1.29 is 4.74 Å². The van der Waals surface area contributed by atoms with Gasteiger partial charge in [0.1, 0.15) is 11.5 Å². The molecular weight excluding hydrogens is 723 g/mol. The van der Waals surface area contributed by atoms with Crippen molar-refractivity contribution >= 4 is 59.3 Å². The molecule has 1 aromatic heterocycles. The minimum atomic E-state index is -0.134. The van der Waals surface area contributed by atoms with E-state index in [0.29, 0.717) is 0 Å². The average Bonchev–Trinajstić information content (AvgIpc) is 3.77. The SMILES string of the molecule is CC1(C)c2ccccc2-c2c(N(c3ccc4c(c3)Oc3ccc(-c5ccccc5)c5cccc-4c35)c3cccc4c3sc3cc(-c5ccccc5)ccc34)cccc21. The molecule has 0 spiro atoms. The fourth-order valence-electron chi connectivity index (χ4n) is 9.73. The first kappa shape index (κ1) is 33.2. The molecule has 2 aliphatic rings. The summed E-state index contributed by atoms with van der Waals surface area (Å²) in [5.41, 5.74) is 15.7. The Kier molecular flexibility index (Phi) is 7.18. The van der Waals surface area contributed by atoms with Gasteiger partial charge in [0.05, 0.1) is 16.1 Å². The molecule has 0 radical (unpaired) electrons. The Balaban J connectivity index is 1.09. The van der Waals surface area contributed by atoms with Crippen LogP contribution in [0.2, 0.25) is 0 Å². The minimum absolute atomic E-state index is 0.134. The van der Waals surface area contributed by atoms with Crippen LogP contribution in [-0.2, 0) is 5.41 Å². The summed E-state index contributed by atoms with van der Waals surface area (Å²) in [6.45, 7) is 4.72. The van der Waals surface area contributed by atoms with Crippen molar-refractivity contribution in [3.05, 3.63) is 199 Å². The van der Waals surface area contributed by atoms with E-state index in [1.54, 1.807) is 0 Å². The van der Waals surface area contributed by atoms with Crippen LogP contribution in [0.5, 0.6) is 11.5 Å². The molecule has 12 rings (SSSR count). The van der Waals surface area contributed by atoms with Crippen LogP contribution < -0.4 is 9.64 Å². The molecule has 0 unspecified atom stereocenters. The zero-order valence-corrected chi connectivity index (χ0v) is 33.0. The number of rotatable bonds is 5. The van der Waals surface area contributed by atoms with Crippen molar-refractivity contribution in [1.82, 2.24) is 0 Å². The van der Waals surface area contributed by atoms with Gasteiger partial charge in [-0.2, -0.15) is 0 Å². The number of benzene rings is 9. The Morgan fingerprint density at radius 1 is 0.448 bits per heavy atom. The predicted octanol–water partition coefficient (Wildman–Crippen LogP) is 16.1. The zero-order valence-electron chi connectivity index (χ0n) is 32.2. The van der Waals surface area contributed by atoms with E-state index in [1.165, 1.54) is 75.6 Å². The Bertz CT molecular complexity index is 3290. The van der Waals surface area contributed by atoms with Gasteiger partial charge in [-0.15, -0.1) is 11.3 Å². The summed E-state index contributed by atoms with van der Waals surface area (Å²) in [5, 5.41) is 4.90. The Hall–Kier alpha value is -6.94. The fourth-order valence-corrected chi connectivity index (χ4v) is 11.0. The molecule has 58 heavy (non-hydrogen) atoms. The van der Waals surface area contributed by atoms with E-state index < -0.39 is 0 Å². The molecule has 0 atom stereocenters. The van der Waals surface area contributed by atoms with Gasteiger partial charge in [0.25, 0.3) is 0 Å². The number of nitrogens with zero attached hydrogens (tertiary/aromatic N) is 1. The highest BCUT2D eigenvalue weighted by Gasteiger charge is 2.38. The van der Waals surface area contributed by atoms with Crippen molar-refractivity contribution in [1.29, 1.82) is 0 Å². The molecule has 1 aliphatic heterocycles. The average molecular weight is 760 g/mol. The van der Waals surface area contributed by atoms with Crippen LogP contribution in [-0.4, -0.2) is 0 Å². The van der Waals surface area contributed by atoms with Crippen molar-refractivity contribution in [2.45, 2.75) is 19.3 Å². The normalized spacial score (nSPS) is 13.3. The fraction of sp³-hybridized carbons (Fsp3) is 0.0545. The maximum Gasteiger partial charge on any atom is 0.137 e. The summed E-state index contributed by atoms with van der Waals surface area (Å²) in [7, 11) is 0. The third-order valence-electron chi connectivity index (χ3n) is 12.5. The van der Waals surface area contributed by atoms with Gasteiger partial charge in [-0.3, -0.25) is 0 Å². The second-order valence-electron chi connectivity index (χ2n) is 16.0. The Morgan fingerprint density at radius 3 is 2.00 bits per heavy atom. The van der Waals surface area contributed by atoms with Gasteiger partial charge in [0, 0.05) is 49.2 Å². The van der Waals surface area contributed by atoms with E-state index in [4.69, 9.17) is 4.74 Å². The van der Waals surface area contributed by atoms with E-state index in [2.05, 4.69) is 207 Å². The molecule has 0 fully saturated rings. The highest BCUT2D eigenvalue weighted by Crippen LogP contribution is 2.57. The quantitative estimate of drug-likeness (QED) is 0.173. The van der Waals surface area contributed by atoms with Crippen LogP contribution in [0.25, 0.3) is 75.5 Å². The molecule has 2 heterocycles. The molecule has 0 saturated heterocycles. The molecule has 10 aromatic rings. The topological polar surface area (TPSA) is 12.5 Å². The number of thiophene rings is 1. The lowest BCUT2D eigenvalue weighted by Gasteiger charge is -2.30. The molecule has 0 amide bonds. The lowest BCUT2D eigenvalue weighted by Crippen LogP contribution is -2.16. The third kappa shape index (κ3) is 4.84. The largest absolute Gasteiger partial charge is 0.456 e. The van der Waals surface area contributed by atoms with E-state index in [1.807, 2.05) is 11.3 Å². The van der Waals surface area contributed by atoms with Gasteiger partial charge in [-0.1, -0.05) is 159 Å². The molecule has 0 bridgehead atoms. The van der Waals surface area contributed by atoms with E-state index in [-0.39, 0.29) is 5.41 Å². The van der Waals surface area contributed by atoms with Crippen LogP contribution in [0.3, 0.4) is 0 Å². The van der Waals surface area contributed by atoms with Gasteiger partial charge in [0.15, 0.2) is 0 Å². The molecular formula is C55H37NOS. The molecule has 274 valence electrons. The lowest BCUT2D eigenvalue weighted by atomic mass is 9.82. The van der Waals surface area contributed by atoms with E-state index >= 15 is 0 Å². The van der Waals surface area contributed by atoms with Gasteiger partial charge < -0.3 is 9.64 Å². The van der Waals surface area contributed by atoms with Gasteiger partial charge >= 0.3 is 0 Å². The summed E-state index contributed by atoms with van der Waals surface area (Å²) in [4.78, 5) is 2.49. The smallest absolute Gasteiger partial charge is 0.137 e. The van der Waals surface area contributed by atoms with Gasteiger partial charge in [0.2, 0.25) is 0 Å². The predicted molar refractivity (Wildman–Crippen MR) is 245 cm³/mol. The van der Waals surface area contributed by atoms with Crippen molar-refractivity contribution in [2.75, 3.05) is 4.90 Å². The number of anilines is 3. The molecule has 3 heteroatoms. The number of fused-ring (bicyclic) bond motifs is 8. The van der Waals surface area contributed by atoms with Crippen LogP contribution in [0.1, 0.15) is 25.0 Å². The lowest BCUT2D eigenvalue weighted by molar-refractivity contribution is 0.487. The molecule has 9 aromatic carbocycles. The second-order valence-corrected chi connectivity index (χ2v) is 17.1. The number of hydrogen-bond donors (Lipinski definition) is 0. The van der Waals surface area contributed by atoms with E-state index in [0.717, 1.165) is 39.5 Å². The zero-order chi connectivity index (χ0) is 38.5. The van der Waals surface area contributed by atoms with Crippen LogP contribution in [0.4, 0.5) is 17.1 Å². The molecule has 1 aliphatic carbocycles. The first-order valence-corrected chi connectivity index (χ1v) is 20.8. The third-order valence-corrected chi connectivity index (χ3v) is 13.7. The van der Waals surface area contributed by atoms with Crippen molar-refractivity contribution in [3.8, 4) is 56.0 Å². The summed E-state index contributed by atoms with van der Waals surface area (Å²) < 4.78 is 9.49. The summed E-state index contributed by atoms with van der Waals surface area (Å²) in [6.07, 6.45) is 0. The summed E-state index contributed by atoms with van der Waals surface area (Å²) >= 11 is 1.88. The van der Waals surface area contributed by atoms with Crippen LogP contribution >= 0.6 is 11.3 Å². The monoisotopic (exact) mass is 759 g/mol. The van der Waals surface area contributed by atoms with Gasteiger partial charge in [-0.05, 0) is 86.3 Å². The highest BCUT2D eigenvalue weighted by atomic mass is 32.1. The minimum Gasteiger partial charge on any atom is -0.456 e. The first-order chi connectivity index (χ1) is 28.5. The summed E-state index contributed by atoms with van der Waals surface area (Å²) in [5.74, 6) is 1.75. The van der Waals surface area contributed by atoms with Crippen LogP contribution in [0.15, 0.2) is 188 Å². The number of ether oxygens (including phenoxy) is 1. The maximum atomic E-state index is 6.95. The van der Waals surface area contributed by atoms with Crippen molar-refractivity contribution in [2.24, 2.45) is 0 Å².